The van der Waals surface area contributed by atoms with Crippen molar-refractivity contribution < 1.29 is 4.79 Å². The van der Waals surface area contributed by atoms with Gasteiger partial charge in [-0.05, 0) is 36.5 Å². The number of hydrogen-bond donors (Lipinski definition) is 2. The van der Waals surface area contributed by atoms with Crippen LogP contribution in [0.4, 0.5) is 0 Å². The lowest BCUT2D eigenvalue weighted by Crippen LogP contribution is -2.40. The Morgan fingerprint density at radius 2 is 1.80 bits per heavy atom. The highest BCUT2D eigenvalue weighted by Crippen LogP contribution is 2.39. The minimum atomic E-state index is -0.350. The average molecular weight is 397 g/mol. The molecule has 2 atom stereocenters. The third-order valence-corrected chi connectivity index (χ3v) is 5.93. The van der Waals surface area contributed by atoms with Crippen LogP contribution in [0.15, 0.2) is 59.5 Å². The molecule has 0 aromatic heterocycles. The first-order valence-electron chi connectivity index (χ1n) is 8.14. The lowest BCUT2D eigenvalue weighted by atomic mass is 10.1. The maximum atomic E-state index is 12.8. The standard InChI is InChI=1S/C19H21ClN2OS.ClH/c20-15-8-4-5-9-17(15)24-18(14-6-2-1-3-7-14)19(23)22-12-16(21)13-10-11-13;/h1-9,13,16,18H,10-12,21H2,(H,22,23);1H. The van der Waals surface area contributed by atoms with Gasteiger partial charge in [0.2, 0.25) is 5.91 Å². The predicted molar refractivity (Wildman–Crippen MR) is 107 cm³/mol. The monoisotopic (exact) mass is 396 g/mol. The molecular weight excluding hydrogens is 375 g/mol. The Bertz CT molecular complexity index is 695. The number of thioether (sulfide) groups is 1. The number of benzene rings is 2. The Labute approximate surface area is 164 Å². The maximum absolute atomic E-state index is 12.8. The molecule has 0 radical (unpaired) electrons. The summed E-state index contributed by atoms with van der Waals surface area (Å²) in [4.78, 5) is 13.7. The molecule has 0 saturated heterocycles. The van der Waals surface area contributed by atoms with Crippen LogP contribution in [0.1, 0.15) is 23.7 Å². The van der Waals surface area contributed by atoms with E-state index in [1.165, 1.54) is 24.6 Å². The molecule has 3 nitrogen and oxygen atoms in total. The first kappa shape index (κ1) is 20.1. The number of hydrogen-bond acceptors (Lipinski definition) is 3. The van der Waals surface area contributed by atoms with Gasteiger partial charge in [0, 0.05) is 17.5 Å². The first-order valence-corrected chi connectivity index (χ1v) is 9.40. The van der Waals surface area contributed by atoms with E-state index in [9.17, 15) is 4.79 Å². The molecule has 3 N–H and O–H groups in total. The van der Waals surface area contributed by atoms with Crippen molar-refractivity contribution in [1.29, 1.82) is 0 Å². The fourth-order valence-electron chi connectivity index (χ4n) is 2.57. The molecular formula is C19H22Cl2N2OS. The Balaban J connectivity index is 0.00000225. The molecule has 0 aliphatic heterocycles. The smallest absolute Gasteiger partial charge is 0.238 e. The molecule has 2 aromatic rings. The van der Waals surface area contributed by atoms with E-state index >= 15 is 0 Å². The highest BCUT2D eigenvalue weighted by molar-refractivity contribution is 8.00. The summed E-state index contributed by atoms with van der Waals surface area (Å²) >= 11 is 7.73. The lowest BCUT2D eigenvalue weighted by molar-refractivity contribution is -0.120. The van der Waals surface area contributed by atoms with E-state index in [1.807, 2.05) is 54.6 Å². The largest absolute Gasteiger partial charge is 0.353 e. The normalized spacial score (nSPS) is 15.8. The number of amides is 1. The second kappa shape index (κ2) is 9.48. The average Bonchev–Trinajstić information content (AvgIpc) is 3.44. The van der Waals surface area contributed by atoms with Gasteiger partial charge in [0.15, 0.2) is 0 Å². The number of carbonyl (C=O) groups excluding carboxylic acids is 1. The molecule has 0 bridgehead atoms. The van der Waals surface area contributed by atoms with Crippen LogP contribution in [-0.4, -0.2) is 18.5 Å². The Morgan fingerprint density at radius 3 is 2.44 bits per heavy atom. The van der Waals surface area contributed by atoms with Crippen molar-refractivity contribution in [3.8, 4) is 0 Å². The predicted octanol–water partition coefficient (Wildman–Crippen LogP) is 4.45. The zero-order valence-electron chi connectivity index (χ0n) is 13.7. The number of carbonyl (C=O) groups is 1. The van der Waals surface area contributed by atoms with Crippen LogP contribution in [0, 0.1) is 5.92 Å². The second-order valence-electron chi connectivity index (χ2n) is 6.09. The Hall–Kier alpha value is -1.20. The molecule has 6 heteroatoms. The highest BCUT2D eigenvalue weighted by atomic mass is 35.5. The topological polar surface area (TPSA) is 55.1 Å². The van der Waals surface area contributed by atoms with E-state index in [0.717, 1.165) is 10.5 Å². The summed E-state index contributed by atoms with van der Waals surface area (Å²) in [7, 11) is 0. The molecule has 134 valence electrons. The van der Waals surface area contributed by atoms with Crippen molar-refractivity contribution in [2.24, 2.45) is 11.7 Å². The van der Waals surface area contributed by atoms with E-state index in [-0.39, 0.29) is 29.6 Å². The van der Waals surface area contributed by atoms with Crippen molar-refractivity contribution in [3.63, 3.8) is 0 Å². The van der Waals surface area contributed by atoms with Crippen molar-refractivity contribution in [2.75, 3.05) is 6.54 Å². The number of nitrogens with two attached hydrogens (primary N) is 1. The molecule has 0 spiro atoms. The summed E-state index contributed by atoms with van der Waals surface area (Å²) in [6, 6.07) is 17.4. The van der Waals surface area contributed by atoms with Gasteiger partial charge in [-0.15, -0.1) is 24.2 Å². The van der Waals surface area contributed by atoms with E-state index < -0.39 is 0 Å². The van der Waals surface area contributed by atoms with Gasteiger partial charge in [0.1, 0.15) is 5.25 Å². The number of nitrogens with one attached hydrogen (secondary N) is 1. The van der Waals surface area contributed by atoms with Crippen LogP contribution in [0.3, 0.4) is 0 Å². The van der Waals surface area contributed by atoms with Gasteiger partial charge >= 0.3 is 0 Å². The van der Waals surface area contributed by atoms with E-state index in [2.05, 4.69) is 5.32 Å². The molecule has 1 aliphatic rings. The van der Waals surface area contributed by atoms with Gasteiger partial charge in [0.05, 0.1) is 5.02 Å². The second-order valence-corrected chi connectivity index (χ2v) is 7.64. The molecule has 1 amide bonds. The van der Waals surface area contributed by atoms with Crippen LogP contribution < -0.4 is 11.1 Å². The Morgan fingerprint density at radius 1 is 1.16 bits per heavy atom. The summed E-state index contributed by atoms with van der Waals surface area (Å²) in [5.41, 5.74) is 7.06. The Kier molecular flexibility index (Phi) is 7.63. The van der Waals surface area contributed by atoms with E-state index in [4.69, 9.17) is 17.3 Å². The highest BCUT2D eigenvalue weighted by Gasteiger charge is 2.30. The van der Waals surface area contributed by atoms with Gasteiger partial charge in [-0.1, -0.05) is 54.1 Å². The summed E-state index contributed by atoms with van der Waals surface area (Å²) in [5, 5.41) is 3.32. The van der Waals surface area contributed by atoms with Crippen molar-refractivity contribution in [3.05, 3.63) is 65.2 Å². The minimum absolute atomic E-state index is 0. The van der Waals surface area contributed by atoms with E-state index in [1.54, 1.807) is 0 Å². The van der Waals surface area contributed by atoms with Gasteiger partial charge in [-0.3, -0.25) is 4.79 Å². The molecule has 2 unspecified atom stereocenters. The lowest BCUT2D eigenvalue weighted by Gasteiger charge is -2.19. The SMILES string of the molecule is Cl.NC(CNC(=O)C(Sc1ccccc1Cl)c1ccccc1)C1CC1. The fraction of sp³-hybridized carbons (Fsp3) is 0.316. The van der Waals surface area contributed by atoms with Crippen LogP contribution in [0.25, 0.3) is 0 Å². The number of halogens is 2. The van der Waals surface area contributed by atoms with Gasteiger partial charge in [0.25, 0.3) is 0 Å². The zero-order chi connectivity index (χ0) is 16.9. The molecule has 1 saturated carbocycles. The number of rotatable bonds is 7. The molecule has 25 heavy (non-hydrogen) atoms. The van der Waals surface area contributed by atoms with Crippen LogP contribution in [-0.2, 0) is 4.79 Å². The van der Waals surface area contributed by atoms with E-state index in [0.29, 0.717) is 17.5 Å². The maximum Gasteiger partial charge on any atom is 0.238 e. The van der Waals surface area contributed by atoms with Gasteiger partial charge in [-0.25, -0.2) is 0 Å². The third-order valence-electron chi connectivity index (χ3n) is 4.16. The summed E-state index contributed by atoms with van der Waals surface area (Å²) < 4.78 is 0. The minimum Gasteiger partial charge on any atom is -0.353 e. The zero-order valence-corrected chi connectivity index (χ0v) is 16.1. The summed E-state index contributed by atoms with van der Waals surface area (Å²) in [5.74, 6) is 0.541. The molecule has 0 heterocycles. The van der Waals surface area contributed by atoms with Crippen molar-refractivity contribution >= 4 is 41.7 Å². The fourth-order valence-corrected chi connectivity index (χ4v) is 3.91. The van der Waals surface area contributed by atoms with Crippen LogP contribution >= 0.6 is 35.8 Å². The first-order chi connectivity index (χ1) is 11.6. The van der Waals surface area contributed by atoms with Gasteiger partial charge < -0.3 is 11.1 Å². The molecule has 3 rings (SSSR count). The van der Waals surface area contributed by atoms with Crippen LogP contribution in [0.5, 0.6) is 0 Å². The van der Waals surface area contributed by atoms with Crippen molar-refractivity contribution in [1.82, 2.24) is 5.32 Å². The molecule has 2 aromatic carbocycles. The molecule has 1 aliphatic carbocycles. The quantitative estimate of drug-likeness (QED) is 0.679. The van der Waals surface area contributed by atoms with Gasteiger partial charge in [-0.2, -0.15) is 0 Å². The van der Waals surface area contributed by atoms with Crippen LogP contribution in [0.2, 0.25) is 5.02 Å². The third kappa shape index (κ3) is 5.65. The molecule has 1 fully saturated rings. The summed E-state index contributed by atoms with van der Waals surface area (Å²) in [6.07, 6.45) is 2.35. The van der Waals surface area contributed by atoms with Crippen molar-refractivity contribution in [2.45, 2.75) is 29.0 Å². The summed E-state index contributed by atoms with van der Waals surface area (Å²) in [6.45, 7) is 0.524.